The molecule has 1 amide bonds. The third-order valence-electron chi connectivity index (χ3n) is 6.00. The molecular weight excluding hydrogens is 450 g/mol. The fraction of sp³-hybridized carbons (Fsp3) is 0.308. The molecule has 0 radical (unpaired) electrons. The van der Waals surface area contributed by atoms with Crippen LogP contribution in [0, 0.1) is 6.92 Å². The van der Waals surface area contributed by atoms with Gasteiger partial charge in [0.1, 0.15) is 17.9 Å². The number of halogens is 1. The van der Waals surface area contributed by atoms with Gasteiger partial charge in [-0.2, -0.15) is 5.10 Å². The summed E-state index contributed by atoms with van der Waals surface area (Å²) >= 11 is 6.49. The number of aromatic nitrogens is 4. The van der Waals surface area contributed by atoms with E-state index in [4.69, 9.17) is 21.3 Å². The molecule has 0 aliphatic rings. The van der Waals surface area contributed by atoms with E-state index in [-0.39, 0.29) is 12.5 Å². The maximum atomic E-state index is 12.3. The van der Waals surface area contributed by atoms with E-state index in [1.54, 1.807) is 30.5 Å². The Morgan fingerprint density at radius 2 is 2.06 bits per heavy atom. The second-order valence-electron chi connectivity index (χ2n) is 8.26. The van der Waals surface area contributed by atoms with Crippen LogP contribution in [0.25, 0.3) is 22.2 Å². The van der Waals surface area contributed by atoms with Crippen molar-refractivity contribution in [1.29, 1.82) is 0 Å². The number of aryl methyl sites for hydroxylation is 3. The number of para-hydroxylation sites is 1. The van der Waals surface area contributed by atoms with Gasteiger partial charge in [0.2, 0.25) is 5.91 Å². The zero-order chi connectivity index (χ0) is 24.2. The van der Waals surface area contributed by atoms with E-state index in [1.807, 2.05) is 49.8 Å². The van der Waals surface area contributed by atoms with Crippen LogP contribution < -0.4 is 4.74 Å². The number of benzene rings is 1. The van der Waals surface area contributed by atoms with Crippen molar-refractivity contribution in [3.8, 4) is 17.0 Å². The minimum Gasteiger partial charge on any atom is -0.487 e. The molecule has 0 bridgehead atoms. The largest absolute Gasteiger partial charge is 0.487 e. The second kappa shape index (κ2) is 10.2. The second-order valence-corrected chi connectivity index (χ2v) is 8.67. The summed E-state index contributed by atoms with van der Waals surface area (Å²) in [5.74, 6) is 0.760. The summed E-state index contributed by atoms with van der Waals surface area (Å²) in [6, 6.07) is 9.96. The Morgan fingerprint density at radius 3 is 2.79 bits per heavy atom. The Hall–Kier alpha value is -3.45. The van der Waals surface area contributed by atoms with Crippen LogP contribution in [0.4, 0.5) is 0 Å². The lowest BCUT2D eigenvalue weighted by atomic mass is 10.0. The molecule has 4 aromatic rings. The fourth-order valence-electron chi connectivity index (χ4n) is 3.95. The Balaban J connectivity index is 1.63. The van der Waals surface area contributed by atoms with Gasteiger partial charge in [-0.05, 0) is 44.0 Å². The van der Waals surface area contributed by atoms with Crippen molar-refractivity contribution in [1.82, 2.24) is 24.6 Å². The van der Waals surface area contributed by atoms with Crippen LogP contribution in [0.2, 0.25) is 5.02 Å². The van der Waals surface area contributed by atoms with Crippen LogP contribution in [0.1, 0.15) is 30.2 Å². The highest BCUT2D eigenvalue weighted by Crippen LogP contribution is 2.33. The number of amides is 1. The molecule has 3 heterocycles. The number of ether oxygens (including phenoxy) is 1. The molecule has 1 aromatic carbocycles. The first kappa shape index (κ1) is 23.7. The Labute approximate surface area is 204 Å². The van der Waals surface area contributed by atoms with Crippen LogP contribution in [0.5, 0.6) is 5.75 Å². The lowest BCUT2D eigenvalue weighted by Gasteiger charge is -2.16. The Morgan fingerprint density at radius 1 is 1.24 bits per heavy atom. The third kappa shape index (κ3) is 4.89. The van der Waals surface area contributed by atoms with Crippen molar-refractivity contribution in [3.63, 3.8) is 0 Å². The van der Waals surface area contributed by atoms with E-state index in [9.17, 15) is 4.79 Å². The van der Waals surface area contributed by atoms with E-state index < -0.39 is 0 Å². The maximum Gasteiger partial charge on any atom is 0.222 e. The predicted molar refractivity (Wildman–Crippen MR) is 134 cm³/mol. The van der Waals surface area contributed by atoms with Crippen LogP contribution in [0.15, 0.2) is 48.9 Å². The third-order valence-corrected chi connectivity index (χ3v) is 6.33. The zero-order valence-electron chi connectivity index (χ0n) is 19.9. The van der Waals surface area contributed by atoms with Gasteiger partial charge in [-0.15, -0.1) is 0 Å². The number of pyridine rings is 2. The number of fused-ring (bicyclic) bond motifs is 1. The molecule has 3 aromatic heterocycles. The summed E-state index contributed by atoms with van der Waals surface area (Å²) in [5, 5.41) is 5.82. The van der Waals surface area contributed by atoms with E-state index >= 15 is 0 Å². The molecule has 0 unspecified atom stereocenters. The predicted octanol–water partition coefficient (Wildman–Crippen LogP) is 4.98. The van der Waals surface area contributed by atoms with E-state index in [1.165, 1.54) is 0 Å². The van der Waals surface area contributed by atoms with Crippen LogP contribution >= 0.6 is 11.6 Å². The number of rotatable bonds is 8. The molecule has 0 N–H and O–H groups in total. The van der Waals surface area contributed by atoms with Crippen LogP contribution in [-0.2, 0) is 24.9 Å². The molecule has 8 heteroatoms. The van der Waals surface area contributed by atoms with E-state index in [0.717, 1.165) is 39.0 Å². The molecule has 0 aliphatic heterocycles. The standard InChI is InChI=1S/C26H28ClN5O2/c1-5-31(3)25(33)10-9-18-14-28-15-22(27)21(18)16-34-24-8-6-7-19-20(13-17(2)30-26(19)24)23-11-12-29-32(23)4/h6-8,11-15H,5,9-10,16H2,1-4H3. The van der Waals surface area contributed by atoms with Gasteiger partial charge in [0, 0.05) is 67.9 Å². The van der Waals surface area contributed by atoms with E-state index in [2.05, 4.69) is 16.1 Å². The van der Waals surface area contributed by atoms with Gasteiger partial charge < -0.3 is 9.64 Å². The molecule has 176 valence electrons. The fourth-order valence-corrected chi connectivity index (χ4v) is 4.19. The van der Waals surface area contributed by atoms with Gasteiger partial charge in [0.25, 0.3) is 0 Å². The summed E-state index contributed by atoms with van der Waals surface area (Å²) in [5.41, 5.74) is 5.47. The number of carbonyl (C=O) groups is 1. The molecule has 0 aliphatic carbocycles. The lowest BCUT2D eigenvalue weighted by molar-refractivity contribution is -0.129. The number of carbonyl (C=O) groups excluding carboxylic acids is 1. The van der Waals surface area contributed by atoms with Crippen LogP contribution in [0.3, 0.4) is 0 Å². The molecule has 7 nitrogen and oxygen atoms in total. The van der Waals surface area contributed by atoms with Gasteiger partial charge in [-0.1, -0.05) is 23.7 Å². The van der Waals surface area contributed by atoms with Crippen molar-refractivity contribution < 1.29 is 9.53 Å². The molecule has 0 atom stereocenters. The maximum absolute atomic E-state index is 12.3. The first-order valence-electron chi connectivity index (χ1n) is 11.3. The van der Waals surface area contributed by atoms with Crippen LogP contribution in [-0.4, -0.2) is 44.1 Å². The smallest absolute Gasteiger partial charge is 0.222 e. The molecular formula is C26H28ClN5O2. The quantitative estimate of drug-likeness (QED) is 0.357. The molecule has 0 saturated heterocycles. The van der Waals surface area contributed by atoms with Gasteiger partial charge in [-0.3, -0.25) is 14.5 Å². The normalized spacial score (nSPS) is 11.1. The summed E-state index contributed by atoms with van der Waals surface area (Å²) in [4.78, 5) is 23.0. The highest BCUT2D eigenvalue weighted by Gasteiger charge is 2.16. The number of hydrogen-bond acceptors (Lipinski definition) is 5. The molecule has 4 rings (SSSR count). The Bertz CT molecular complexity index is 1330. The molecule has 34 heavy (non-hydrogen) atoms. The summed E-state index contributed by atoms with van der Waals surface area (Å²) < 4.78 is 8.12. The lowest BCUT2D eigenvalue weighted by Crippen LogP contribution is -2.26. The monoisotopic (exact) mass is 477 g/mol. The minimum atomic E-state index is 0.0887. The topological polar surface area (TPSA) is 73.1 Å². The molecule has 0 spiro atoms. The van der Waals surface area contributed by atoms with Crippen molar-refractivity contribution in [2.75, 3.05) is 13.6 Å². The zero-order valence-corrected chi connectivity index (χ0v) is 20.6. The molecule has 0 saturated carbocycles. The van der Waals surface area contributed by atoms with Crippen molar-refractivity contribution in [2.45, 2.75) is 33.3 Å². The SMILES string of the molecule is CCN(C)C(=O)CCc1cncc(Cl)c1COc1cccc2c(-c3ccnn3C)cc(C)nc12. The van der Waals surface area contributed by atoms with Gasteiger partial charge in [-0.25, -0.2) is 4.98 Å². The summed E-state index contributed by atoms with van der Waals surface area (Å²) in [6.45, 7) is 4.86. The summed E-state index contributed by atoms with van der Waals surface area (Å²) in [7, 11) is 3.73. The minimum absolute atomic E-state index is 0.0887. The first-order chi connectivity index (χ1) is 16.4. The molecule has 0 fully saturated rings. The van der Waals surface area contributed by atoms with Gasteiger partial charge in [0.05, 0.1) is 10.7 Å². The first-order valence-corrected chi connectivity index (χ1v) is 11.6. The summed E-state index contributed by atoms with van der Waals surface area (Å²) in [6.07, 6.45) is 6.09. The van der Waals surface area contributed by atoms with Crippen molar-refractivity contribution >= 4 is 28.4 Å². The highest BCUT2D eigenvalue weighted by atomic mass is 35.5. The number of hydrogen-bond donors (Lipinski definition) is 0. The average molecular weight is 478 g/mol. The van der Waals surface area contributed by atoms with Crippen molar-refractivity contribution in [2.24, 2.45) is 7.05 Å². The highest BCUT2D eigenvalue weighted by molar-refractivity contribution is 6.31. The van der Waals surface area contributed by atoms with Gasteiger partial charge >= 0.3 is 0 Å². The number of nitrogens with zero attached hydrogens (tertiary/aromatic N) is 5. The van der Waals surface area contributed by atoms with E-state index in [0.29, 0.717) is 30.2 Å². The van der Waals surface area contributed by atoms with Crippen molar-refractivity contribution in [3.05, 3.63) is 70.8 Å². The van der Waals surface area contributed by atoms with Gasteiger partial charge in [0.15, 0.2) is 0 Å². The Kier molecular flexibility index (Phi) is 7.12. The average Bonchev–Trinajstić information content (AvgIpc) is 3.26.